The zero-order valence-corrected chi connectivity index (χ0v) is 8.34. The molecule has 1 atom stereocenters. The minimum absolute atomic E-state index is 0.197. The Bertz CT molecular complexity index is 463. The van der Waals surface area contributed by atoms with E-state index in [1.165, 1.54) is 0 Å². The van der Waals surface area contributed by atoms with Crippen LogP contribution in [0.4, 0.5) is 0 Å². The molecule has 0 radical (unpaired) electrons. The maximum absolute atomic E-state index is 9.68. The Labute approximate surface area is 87.3 Å². The SMILES string of the molecule is CC(N)c1oncc1-c1ccccc1O. The Morgan fingerprint density at radius 2 is 2.07 bits per heavy atom. The van der Waals surface area contributed by atoms with Gasteiger partial charge in [-0.25, -0.2) is 0 Å². The maximum Gasteiger partial charge on any atom is 0.161 e. The topological polar surface area (TPSA) is 72.3 Å². The van der Waals surface area contributed by atoms with Crippen LogP contribution in [0.1, 0.15) is 18.7 Å². The third kappa shape index (κ3) is 1.71. The summed E-state index contributed by atoms with van der Waals surface area (Å²) >= 11 is 0. The molecule has 0 saturated heterocycles. The third-order valence-electron chi connectivity index (χ3n) is 2.21. The number of nitrogens with two attached hydrogens (primary N) is 1. The van der Waals surface area contributed by atoms with Gasteiger partial charge in [0.1, 0.15) is 5.75 Å². The van der Waals surface area contributed by atoms with Gasteiger partial charge in [0.05, 0.1) is 12.2 Å². The highest BCUT2D eigenvalue weighted by Crippen LogP contribution is 2.33. The van der Waals surface area contributed by atoms with Crippen molar-refractivity contribution in [2.45, 2.75) is 13.0 Å². The molecule has 0 aliphatic carbocycles. The van der Waals surface area contributed by atoms with Gasteiger partial charge in [-0.3, -0.25) is 0 Å². The predicted molar refractivity (Wildman–Crippen MR) is 56.2 cm³/mol. The lowest BCUT2D eigenvalue weighted by molar-refractivity contribution is 0.368. The molecule has 0 bridgehead atoms. The Balaban J connectivity index is 2.55. The highest BCUT2D eigenvalue weighted by atomic mass is 16.5. The van der Waals surface area contributed by atoms with Gasteiger partial charge in [-0.1, -0.05) is 23.4 Å². The van der Waals surface area contributed by atoms with Crippen molar-refractivity contribution in [1.82, 2.24) is 5.16 Å². The summed E-state index contributed by atoms with van der Waals surface area (Å²) in [6, 6.07) is 6.77. The second-order valence-corrected chi connectivity index (χ2v) is 3.41. The van der Waals surface area contributed by atoms with Crippen molar-refractivity contribution in [3.8, 4) is 16.9 Å². The van der Waals surface area contributed by atoms with Crippen LogP contribution >= 0.6 is 0 Å². The molecule has 1 aromatic heterocycles. The number of benzene rings is 1. The summed E-state index contributed by atoms with van der Waals surface area (Å²) in [6.07, 6.45) is 1.56. The fraction of sp³-hybridized carbons (Fsp3) is 0.182. The largest absolute Gasteiger partial charge is 0.507 e. The van der Waals surface area contributed by atoms with Gasteiger partial charge in [-0.2, -0.15) is 0 Å². The molecule has 2 aromatic rings. The van der Waals surface area contributed by atoms with Gasteiger partial charge in [0.2, 0.25) is 0 Å². The highest BCUT2D eigenvalue weighted by Gasteiger charge is 2.16. The molecule has 1 heterocycles. The van der Waals surface area contributed by atoms with Crippen LogP contribution in [-0.2, 0) is 0 Å². The highest BCUT2D eigenvalue weighted by molar-refractivity contribution is 5.71. The molecule has 0 fully saturated rings. The van der Waals surface area contributed by atoms with Crippen LogP contribution in [-0.4, -0.2) is 10.3 Å². The zero-order chi connectivity index (χ0) is 10.8. The Kier molecular flexibility index (Phi) is 2.43. The normalized spacial score (nSPS) is 12.7. The summed E-state index contributed by atoms with van der Waals surface area (Å²) in [6.45, 7) is 1.81. The molecule has 15 heavy (non-hydrogen) atoms. The molecule has 1 unspecified atom stereocenters. The summed E-state index contributed by atoms with van der Waals surface area (Å²) in [4.78, 5) is 0. The second-order valence-electron chi connectivity index (χ2n) is 3.41. The number of aromatic nitrogens is 1. The van der Waals surface area contributed by atoms with E-state index >= 15 is 0 Å². The number of hydrogen-bond donors (Lipinski definition) is 2. The van der Waals surface area contributed by atoms with Crippen molar-refractivity contribution < 1.29 is 9.63 Å². The smallest absolute Gasteiger partial charge is 0.161 e. The fourth-order valence-electron chi connectivity index (χ4n) is 1.48. The molecule has 0 aliphatic heterocycles. The van der Waals surface area contributed by atoms with Crippen molar-refractivity contribution >= 4 is 0 Å². The van der Waals surface area contributed by atoms with Crippen LogP contribution in [0.2, 0.25) is 0 Å². The lowest BCUT2D eigenvalue weighted by Gasteiger charge is -2.05. The van der Waals surface area contributed by atoms with Gasteiger partial charge in [0.25, 0.3) is 0 Å². The predicted octanol–water partition coefficient (Wildman–Crippen LogP) is 2.07. The average molecular weight is 204 g/mol. The van der Waals surface area contributed by atoms with Crippen LogP contribution in [0.15, 0.2) is 35.0 Å². The van der Waals surface area contributed by atoms with Crippen LogP contribution < -0.4 is 5.73 Å². The summed E-state index contributed by atoms with van der Waals surface area (Å²) < 4.78 is 5.05. The summed E-state index contributed by atoms with van der Waals surface area (Å²) in [5, 5.41) is 13.4. The molecule has 0 aliphatic rings. The molecule has 4 heteroatoms. The average Bonchev–Trinajstić information content (AvgIpc) is 2.67. The lowest BCUT2D eigenvalue weighted by atomic mass is 10.0. The van der Waals surface area contributed by atoms with Crippen LogP contribution in [0, 0.1) is 0 Å². The number of aromatic hydroxyl groups is 1. The van der Waals surface area contributed by atoms with Crippen LogP contribution in [0.3, 0.4) is 0 Å². The van der Waals surface area contributed by atoms with E-state index in [9.17, 15) is 5.11 Å². The van der Waals surface area contributed by atoms with Gasteiger partial charge in [0, 0.05) is 11.1 Å². The fourth-order valence-corrected chi connectivity index (χ4v) is 1.48. The molecular weight excluding hydrogens is 192 g/mol. The van der Waals surface area contributed by atoms with Gasteiger partial charge in [-0.05, 0) is 13.0 Å². The third-order valence-corrected chi connectivity index (χ3v) is 2.21. The van der Waals surface area contributed by atoms with E-state index in [4.69, 9.17) is 10.3 Å². The van der Waals surface area contributed by atoms with Crippen molar-refractivity contribution in [3.63, 3.8) is 0 Å². The van der Waals surface area contributed by atoms with E-state index in [-0.39, 0.29) is 11.8 Å². The molecule has 4 nitrogen and oxygen atoms in total. The lowest BCUT2D eigenvalue weighted by Crippen LogP contribution is -2.04. The first-order chi connectivity index (χ1) is 7.20. The van der Waals surface area contributed by atoms with Crippen molar-refractivity contribution in [3.05, 3.63) is 36.2 Å². The Morgan fingerprint density at radius 3 is 2.73 bits per heavy atom. The molecule has 1 aromatic carbocycles. The number of rotatable bonds is 2. The Morgan fingerprint density at radius 1 is 1.33 bits per heavy atom. The minimum Gasteiger partial charge on any atom is -0.507 e. The molecule has 0 amide bonds. The minimum atomic E-state index is -0.248. The number of para-hydroxylation sites is 1. The maximum atomic E-state index is 9.68. The van der Waals surface area contributed by atoms with Gasteiger partial charge in [0.15, 0.2) is 5.76 Å². The molecule has 3 N–H and O–H groups in total. The monoisotopic (exact) mass is 204 g/mol. The summed E-state index contributed by atoms with van der Waals surface area (Å²) in [5.74, 6) is 0.777. The second kappa shape index (κ2) is 3.74. The van der Waals surface area contributed by atoms with Gasteiger partial charge >= 0.3 is 0 Å². The van der Waals surface area contributed by atoms with E-state index in [0.717, 1.165) is 5.56 Å². The zero-order valence-electron chi connectivity index (χ0n) is 8.34. The summed E-state index contributed by atoms with van der Waals surface area (Å²) in [5.41, 5.74) is 7.16. The number of hydrogen-bond acceptors (Lipinski definition) is 4. The quantitative estimate of drug-likeness (QED) is 0.785. The van der Waals surface area contributed by atoms with E-state index in [1.807, 2.05) is 13.0 Å². The van der Waals surface area contributed by atoms with Crippen molar-refractivity contribution in [1.29, 1.82) is 0 Å². The molecule has 2 rings (SSSR count). The first kappa shape index (κ1) is 9.73. The van der Waals surface area contributed by atoms with Crippen molar-refractivity contribution in [2.24, 2.45) is 5.73 Å². The molecule has 0 saturated carbocycles. The Hall–Kier alpha value is -1.81. The summed E-state index contributed by atoms with van der Waals surface area (Å²) in [7, 11) is 0. The molecule has 0 spiro atoms. The number of phenolic OH excluding ortho intramolecular Hbond substituents is 1. The number of phenols is 1. The van der Waals surface area contributed by atoms with Gasteiger partial charge in [-0.15, -0.1) is 0 Å². The first-order valence-corrected chi connectivity index (χ1v) is 4.68. The molecular formula is C11H12N2O2. The standard InChI is InChI=1S/C11H12N2O2/c1-7(12)11-9(6-13-15-11)8-4-2-3-5-10(8)14/h2-7,14H,12H2,1H3. The van der Waals surface area contributed by atoms with Crippen LogP contribution in [0.5, 0.6) is 5.75 Å². The van der Waals surface area contributed by atoms with Crippen LogP contribution in [0.25, 0.3) is 11.1 Å². The van der Waals surface area contributed by atoms with E-state index < -0.39 is 0 Å². The first-order valence-electron chi connectivity index (χ1n) is 4.68. The van der Waals surface area contributed by atoms with Crippen molar-refractivity contribution in [2.75, 3.05) is 0 Å². The van der Waals surface area contributed by atoms with Gasteiger partial charge < -0.3 is 15.4 Å². The number of nitrogens with zero attached hydrogens (tertiary/aromatic N) is 1. The van der Waals surface area contributed by atoms with E-state index in [2.05, 4.69) is 5.16 Å². The van der Waals surface area contributed by atoms with E-state index in [0.29, 0.717) is 11.3 Å². The molecule has 78 valence electrons. The van der Waals surface area contributed by atoms with E-state index in [1.54, 1.807) is 24.4 Å².